The average Bonchev–Trinajstić information content (AvgIpc) is 3.16. The van der Waals surface area contributed by atoms with Gasteiger partial charge >= 0.3 is 12.1 Å². The van der Waals surface area contributed by atoms with Gasteiger partial charge in [-0.05, 0) is 75.0 Å². The first kappa shape index (κ1) is 32.7. The largest absolute Gasteiger partial charge is 0.493 e. The predicted octanol–water partition coefficient (Wildman–Crippen LogP) is 6.71. The van der Waals surface area contributed by atoms with E-state index >= 15 is 0 Å². The molecule has 0 spiro atoms. The Morgan fingerprint density at radius 1 is 1.08 bits per heavy atom. The van der Waals surface area contributed by atoms with Crippen LogP contribution >= 0.6 is 0 Å². The van der Waals surface area contributed by atoms with Crippen LogP contribution in [0.1, 0.15) is 92.7 Å². The van der Waals surface area contributed by atoms with Gasteiger partial charge in [0.2, 0.25) is 0 Å². The zero-order valence-corrected chi connectivity index (χ0v) is 25.7. The van der Waals surface area contributed by atoms with Crippen molar-refractivity contribution in [2.75, 3.05) is 27.4 Å². The Labute approximate surface area is 235 Å². The first-order valence-electron chi connectivity index (χ1n) is 14.2. The number of carbonyl (C=O) groups is 2. The van der Waals surface area contributed by atoms with Gasteiger partial charge in [0.1, 0.15) is 11.7 Å². The number of benzene rings is 1. The highest BCUT2D eigenvalue weighted by Gasteiger charge is 2.47. The number of alkyl carbamates (subject to hydrolysis) is 1. The smallest absolute Gasteiger partial charge is 0.408 e. The lowest BCUT2D eigenvalue weighted by atomic mass is 9.59. The van der Waals surface area contributed by atoms with Crippen LogP contribution in [0, 0.1) is 23.2 Å². The molecule has 1 aliphatic rings. The lowest BCUT2D eigenvalue weighted by molar-refractivity contribution is -0.144. The number of amides is 1. The first-order valence-corrected chi connectivity index (χ1v) is 14.2. The lowest BCUT2D eigenvalue weighted by Crippen LogP contribution is -2.49. The number of carbonyl (C=O) groups excluding carboxylic acids is 2. The number of hydrogen-bond acceptors (Lipinski definition) is 7. The van der Waals surface area contributed by atoms with Gasteiger partial charge in [-0.3, -0.25) is 4.79 Å². The van der Waals surface area contributed by atoms with Crippen molar-refractivity contribution < 1.29 is 33.3 Å². The molecule has 0 saturated carbocycles. The molecule has 1 aromatic rings. The van der Waals surface area contributed by atoms with Crippen LogP contribution in [-0.4, -0.2) is 51.2 Å². The number of cyclic esters (lactones) is 1. The summed E-state index contributed by atoms with van der Waals surface area (Å²) in [5, 5.41) is 3.24. The molecule has 0 aliphatic carbocycles. The summed E-state index contributed by atoms with van der Waals surface area (Å²) in [6.45, 7) is 17.3. The van der Waals surface area contributed by atoms with Gasteiger partial charge in [0.05, 0.1) is 25.7 Å². The molecule has 1 fully saturated rings. The summed E-state index contributed by atoms with van der Waals surface area (Å²) >= 11 is 0. The summed E-state index contributed by atoms with van der Waals surface area (Å²) in [6, 6.07) is 5.44. The number of ether oxygens (including phenoxy) is 5. The molecule has 2 rings (SSSR count). The highest BCUT2D eigenvalue weighted by atomic mass is 16.6. The SMILES string of the molecule is COCCCOc1cc([C@H](NC(=O)OC(C)(C)C)C(CCC2CC(C)C(=O)O2)(C(C)C)C(C)C)ccc1OC. The second kappa shape index (κ2) is 14.2. The Balaban J connectivity index is 2.54. The molecule has 1 heterocycles. The predicted molar refractivity (Wildman–Crippen MR) is 152 cm³/mol. The molecular formula is C31H51NO7. The van der Waals surface area contributed by atoms with E-state index in [0.29, 0.717) is 24.7 Å². The molecule has 8 nitrogen and oxygen atoms in total. The maximum atomic E-state index is 13.3. The molecule has 1 amide bonds. The van der Waals surface area contributed by atoms with Crippen LogP contribution in [0.2, 0.25) is 0 Å². The number of nitrogens with one attached hydrogen (secondary N) is 1. The van der Waals surface area contributed by atoms with E-state index < -0.39 is 17.7 Å². The fourth-order valence-corrected chi connectivity index (χ4v) is 5.79. The van der Waals surface area contributed by atoms with Gasteiger partial charge in [0.15, 0.2) is 11.5 Å². The molecular weight excluding hydrogens is 498 g/mol. The number of methoxy groups -OCH3 is 2. The summed E-state index contributed by atoms with van der Waals surface area (Å²) in [5.41, 5.74) is -0.115. The summed E-state index contributed by atoms with van der Waals surface area (Å²) < 4.78 is 28.2. The van der Waals surface area contributed by atoms with Crippen LogP contribution < -0.4 is 14.8 Å². The van der Waals surface area contributed by atoms with E-state index in [-0.39, 0.29) is 35.2 Å². The Kier molecular flexibility index (Phi) is 12.0. The molecule has 1 saturated heterocycles. The van der Waals surface area contributed by atoms with Crippen molar-refractivity contribution in [3.63, 3.8) is 0 Å². The maximum Gasteiger partial charge on any atom is 0.408 e. The lowest BCUT2D eigenvalue weighted by Gasteiger charge is -2.48. The Bertz CT molecular complexity index is 929. The maximum absolute atomic E-state index is 13.3. The Morgan fingerprint density at radius 2 is 1.74 bits per heavy atom. The third-order valence-corrected chi connectivity index (χ3v) is 7.82. The molecule has 1 aromatic carbocycles. The summed E-state index contributed by atoms with van der Waals surface area (Å²) in [5.74, 6) is 1.38. The van der Waals surface area contributed by atoms with Crippen molar-refractivity contribution in [2.45, 2.75) is 98.8 Å². The van der Waals surface area contributed by atoms with E-state index in [1.54, 1.807) is 14.2 Å². The standard InChI is InChI=1S/C31H51NO7/c1-20(2)31(21(3)4,15-14-24-18-22(5)28(33)38-24)27(32-29(34)39-30(6,7)8)23-12-13-25(36-10)26(19-23)37-17-11-16-35-9/h12-13,19-22,24,27H,11,14-18H2,1-10H3,(H,32,34)/t22?,24?,27-/m0/s1. The third kappa shape index (κ3) is 8.75. The van der Waals surface area contributed by atoms with Gasteiger partial charge in [-0.2, -0.15) is 0 Å². The molecule has 0 bridgehead atoms. The fraction of sp³-hybridized carbons (Fsp3) is 0.742. The minimum absolute atomic E-state index is 0.0856. The first-order chi connectivity index (χ1) is 18.2. The molecule has 222 valence electrons. The summed E-state index contributed by atoms with van der Waals surface area (Å²) in [4.78, 5) is 25.4. The number of rotatable bonds is 14. The average molecular weight is 550 g/mol. The molecule has 3 atom stereocenters. The molecule has 2 unspecified atom stereocenters. The van der Waals surface area contributed by atoms with Gasteiger partial charge in [-0.15, -0.1) is 0 Å². The molecule has 1 aliphatic heterocycles. The van der Waals surface area contributed by atoms with Crippen molar-refractivity contribution >= 4 is 12.1 Å². The van der Waals surface area contributed by atoms with Crippen molar-refractivity contribution in [3.05, 3.63) is 23.8 Å². The van der Waals surface area contributed by atoms with E-state index in [0.717, 1.165) is 31.2 Å². The van der Waals surface area contributed by atoms with Crippen molar-refractivity contribution in [1.29, 1.82) is 0 Å². The Hall–Kier alpha value is -2.48. The van der Waals surface area contributed by atoms with E-state index in [1.807, 2.05) is 45.9 Å². The quantitative estimate of drug-likeness (QED) is 0.204. The summed E-state index contributed by atoms with van der Waals surface area (Å²) in [7, 11) is 3.28. The van der Waals surface area contributed by atoms with Crippen LogP contribution in [0.3, 0.4) is 0 Å². The van der Waals surface area contributed by atoms with Gasteiger partial charge in [0.25, 0.3) is 0 Å². The number of hydrogen-bond donors (Lipinski definition) is 1. The van der Waals surface area contributed by atoms with Gasteiger partial charge < -0.3 is 29.0 Å². The molecule has 8 heteroatoms. The second-order valence-electron chi connectivity index (χ2n) is 12.3. The minimum atomic E-state index is -0.642. The van der Waals surface area contributed by atoms with E-state index in [2.05, 4.69) is 33.0 Å². The van der Waals surface area contributed by atoms with Crippen LogP contribution in [0.25, 0.3) is 0 Å². The monoisotopic (exact) mass is 549 g/mol. The van der Waals surface area contributed by atoms with Crippen LogP contribution in [0.5, 0.6) is 11.5 Å². The molecule has 1 N–H and O–H groups in total. The van der Waals surface area contributed by atoms with Crippen LogP contribution in [-0.2, 0) is 19.0 Å². The Morgan fingerprint density at radius 3 is 2.26 bits per heavy atom. The van der Waals surface area contributed by atoms with Gasteiger partial charge in [0, 0.05) is 20.1 Å². The second-order valence-corrected chi connectivity index (χ2v) is 12.3. The normalized spacial score (nSPS) is 18.7. The van der Waals surface area contributed by atoms with E-state index in [9.17, 15) is 9.59 Å². The van der Waals surface area contributed by atoms with Crippen molar-refractivity contribution in [3.8, 4) is 11.5 Å². The molecule has 0 radical (unpaired) electrons. The molecule has 39 heavy (non-hydrogen) atoms. The zero-order chi connectivity index (χ0) is 29.4. The van der Waals surface area contributed by atoms with Crippen LogP contribution in [0.15, 0.2) is 18.2 Å². The number of esters is 1. The topological polar surface area (TPSA) is 92.3 Å². The van der Waals surface area contributed by atoms with E-state index in [4.69, 9.17) is 23.7 Å². The molecule has 0 aromatic heterocycles. The van der Waals surface area contributed by atoms with Crippen molar-refractivity contribution in [2.24, 2.45) is 23.2 Å². The summed E-state index contributed by atoms with van der Waals surface area (Å²) in [6.07, 6.45) is 2.33. The van der Waals surface area contributed by atoms with Crippen molar-refractivity contribution in [1.82, 2.24) is 5.32 Å². The minimum Gasteiger partial charge on any atom is -0.493 e. The third-order valence-electron chi connectivity index (χ3n) is 7.82. The van der Waals surface area contributed by atoms with E-state index in [1.165, 1.54) is 0 Å². The highest BCUT2D eigenvalue weighted by molar-refractivity contribution is 5.74. The zero-order valence-electron chi connectivity index (χ0n) is 25.7. The van der Waals surface area contributed by atoms with Crippen LogP contribution in [0.4, 0.5) is 4.79 Å². The highest BCUT2D eigenvalue weighted by Crippen LogP contribution is 2.52. The van der Waals surface area contributed by atoms with Gasteiger partial charge in [-0.25, -0.2) is 4.79 Å². The fourth-order valence-electron chi connectivity index (χ4n) is 5.79. The van der Waals surface area contributed by atoms with Gasteiger partial charge in [-0.1, -0.05) is 40.7 Å².